The number of nitrogens with zero attached hydrogens (tertiary/aromatic N) is 3. The number of aromatic nitrogens is 3. The number of hydrogen-bond acceptors (Lipinski definition) is 9. The lowest BCUT2D eigenvalue weighted by Gasteiger charge is -2.14. The van der Waals surface area contributed by atoms with Crippen molar-refractivity contribution >= 4 is 18.0 Å². The van der Waals surface area contributed by atoms with Crippen molar-refractivity contribution in [1.29, 1.82) is 0 Å². The van der Waals surface area contributed by atoms with Crippen LogP contribution >= 0.6 is 0 Å². The second-order valence-corrected chi connectivity index (χ2v) is 8.01. The van der Waals surface area contributed by atoms with Gasteiger partial charge in [-0.3, -0.25) is 9.59 Å². The average molecular weight is 515 g/mol. The molecule has 0 aliphatic rings. The highest BCUT2D eigenvalue weighted by molar-refractivity contribution is 5.69. The van der Waals surface area contributed by atoms with E-state index in [2.05, 4.69) is 5.32 Å². The summed E-state index contributed by atoms with van der Waals surface area (Å²) in [7, 11) is 0. The van der Waals surface area contributed by atoms with Gasteiger partial charge >= 0.3 is 35.1 Å². The zero-order valence-corrected chi connectivity index (χ0v) is 21.4. The summed E-state index contributed by atoms with van der Waals surface area (Å²) in [5.74, 6) is -0.891. The van der Waals surface area contributed by atoms with E-state index in [0.717, 1.165) is 13.7 Å². The van der Waals surface area contributed by atoms with Gasteiger partial charge in [0.25, 0.3) is 0 Å². The van der Waals surface area contributed by atoms with Crippen LogP contribution in [0, 0.1) is 0 Å². The zero-order valence-electron chi connectivity index (χ0n) is 21.4. The van der Waals surface area contributed by atoms with Crippen LogP contribution in [0.2, 0.25) is 0 Å². The minimum Gasteiger partial charge on any atom is -0.466 e. The first kappa shape index (κ1) is 30.7. The maximum absolute atomic E-state index is 12.9. The van der Waals surface area contributed by atoms with Gasteiger partial charge in [0, 0.05) is 39.0 Å². The Balaban J connectivity index is 3.07. The molecule has 0 saturated heterocycles. The van der Waals surface area contributed by atoms with Crippen LogP contribution in [0.15, 0.2) is 14.4 Å². The summed E-state index contributed by atoms with van der Waals surface area (Å²) in [6, 6.07) is 0. The van der Waals surface area contributed by atoms with Gasteiger partial charge in [0.1, 0.15) is 0 Å². The molecule has 0 spiro atoms. The molecule has 0 fully saturated rings. The molecule has 0 aromatic carbocycles. The fraction of sp³-hybridized carbons (Fsp3) is 0.739. The number of rotatable bonds is 17. The van der Waals surface area contributed by atoms with Crippen LogP contribution in [0.25, 0.3) is 0 Å². The van der Waals surface area contributed by atoms with E-state index in [-0.39, 0.29) is 71.7 Å². The number of carbonyl (C=O) groups excluding carboxylic acids is 3. The summed E-state index contributed by atoms with van der Waals surface area (Å²) in [6.45, 7) is 5.86. The number of nitrogens with one attached hydrogen (secondary N) is 1. The molecule has 0 radical (unpaired) electrons. The summed E-state index contributed by atoms with van der Waals surface area (Å²) < 4.78 is 17.5. The molecule has 13 heteroatoms. The second-order valence-electron chi connectivity index (χ2n) is 8.01. The van der Waals surface area contributed by atoms with E-state index < -0.39 is 35.1 Å². The highest BCUT2D eigenvalue weighted by atomic mass is 16.5. The second kappa shape index (κ2) is 17.1. The number of hydrogen-bond donors (Lipinski definition) is 1. The predicted molar refractivity (Wildman–Crippen MR) is 130 cm³/mol. The molecule has 0 saturated carbocycles. The number of esters is 2. The number of ether oxygens (including phenoxy) is 3. The van der Waals surface area contributed by atoms with Crippen molar-refractivity contribution in [3.05, 3.63) is 31.5 Å². The monoisotopic (exact) mass is 514 g/mol. The van der Waals surface area contributed by atoms with Crippen molar-refractivity contribution in [3.63, 3.8) is 0 Å². The molecule has 0 bridgehead atoms. The maximum atomic E-state index is 12.9. The Hall–Kier alpha value is -3.38. The van der Waals surface area contributed by atoms with Gasteiger partial charge in [-0.1, -0.05) is 20.8 Å². The zero-order chi connectivity index (χ0) is 26.9. The molecule has 1 aromatic rings. The highest BCUT2D eigenvalue weighted by Crippen LogP contribution is 1.97. The predicted octanol–water partition coefficient (Wildman–Crippen LogP) is 0.775. The minimum atomic E-state index is -0.853. The Kier molecular flexibility index (Phi) is 14.6. The van der Waals surface area contributed by atoms with Gasteiger partial charge in [-0.05, 0) is 32.1 Å². The van der Waals surface area contributed by atoms with Crippen molar-refractivity contribution in [2.75, 3.05) is 26.4 Å². The van der Waals surface area contributed by atoms with Gasteiger partial charge in [0.05, 0.1) is 19.8 Å². The lowest BCUT2D eigenvalue weighted by Crippen LogP contribution is -2.55. The largest absolute Gasteiger partial charge is 0.466 e. The highest BCUT2D eigenvalue weighted by Gasteiger charge is 2.17. The summed E-state index contributed by atoms with van der Waals surface area (Å²) in [5.41, 5.74) is -2.54. The third-order valence-electron chi connectivity index (χ3n) is 4.89. The molecule has 13 nitrogen and oxygen atoms in total. The van der Waals surface area contributed by atoms with Crippen LogP contribution < -0.4 is 22.4 Å². The van der Waals surface area contributed by atoms with E-state index in [9.17, 15) is 28.8 Å². The van der Waals surface area contributed by atoms with Gasteiger partial charge < -0.3 is 19.5 Å². The number of carbonyl (C=O) groups is 3. The SMILES string of the molecule is CCCOC(=O)CCCn1c(=O)n(CCCC(=O)OCCC)c(=O)n(CCNC(=O)OCCC)c1=O. The molecule has 0 aliphatic carbocycles. The first-order chi connectivity index (χ1) is 17.3. The van der Waals surface area contributed by atoms with E-state index in [0.29, 0.717) is 19.3 Å². The molecule has 1 rings (SSSR count). The first-order valence-electron chi connectivity index (χ1n) is 12.4. The fourth-order valence-corrected chi connectivity index (χ4v) is 3.11. The Morgan fingerprint density at radius 1 is 0.639 bits per heavy atom. The third kappa shape index (κ3) is 10.5. The summed E-state index contributed by atoms with van der Waals surface area (Å²) in [4.78, 5) is 74.0. The van der Waals surface area contributed by atoms with Crippen LogP contribution in [0.3, 0.4) is 0 Å². The molecule has 1 N–H and O–H groups in total. The van der Waals surface area contributed by atoms with E-state index in [1.54, 1.807) is 0 Å². The maximum Gasteiger partial charge on any atom is 0.407 e. The molecular weight excluding hydrogens is 476 g/mol. The van der Waals surface area contributed by atoms with Crippen LogP contribution in [0.1, 0.15) is 65.7 Å². The molecule has 0 aliphatic heterocycles. The number of amides is 1. The van der Waals surface area contributed by atoms with Gasteiger partial charge in [-0.2, -0.15) is 0 Å². The minimum absolute atomic E-state index is 0.000892. The van der Waals surface area contributed by atoms with Crippen LogP contribution in [0.4, 0.5) is 4.79 Å². The van der Waals surface area contributed by atoms with E-state index >= 15 is 0 Å². The molecule has 0 unspecified atom stereocenters. The normalized spacial score (nSPS) is 10.6. The van der Waals surface area contributed by atoms with E-state index in [1.807, 2.05) is 20.8 Å². The molecule has 0 atom stereocenters. The van der Waals surface area contributed by atoms with Crippen molar-refractivity contribution in [1.82, 2.24) is 19.0 Å². The van der Waals surface area contributed by atoms with Gasteiger partial charge in [-0.25, -0.2) is 32.9 Å². The van der Waals surface area contributed by atoms with E-state index in [1.165, 1.54) is 0 Å². The third-order valence-corrected chi connectivity index (χ3v) is 4.89. The van der Waals surface area contributed by atoms with E-state index in [4.69, 9.17) is 14.2 Å². The van der Waals surface area contributed by atoms with Crippen molar-refractivity contribution < 1.29 is 28.6 Å². The Bertz CT molecular complexity index is 867. The Morgan fingerprint density at radius 3 is 1.44 bits per heavy atom. The van der Waals surface area contributed by atoms with Crippen molar-refractivity contribution in [3.8, 4) is 0 Å². The smallest absolute Gasteiger partial charge is 0.407 e. The number of alkyl carbamates (subject to hydrolysis) is 1. The molecule has 204 valence electrons. The molecule has 36 heavy (non-hydrogen) atoms. The summed E-state index contributed by atoms with van der Waals surface area (Å²) >= 11 is 0. The molecule has 1 heterocycles. The van der Waals surface area contributed by atoms with Crippen molar-refractivity contribution in [2.45, 2.75) is 85.4 Å². The van der Waals surface area contributed by atoms with Crippen LogP contribution in [-0.2, 0) is 43.4 Å². The standard InChI is InChI=1S/C23H38N4O9/c1-4-15-34-18(28)9-7-12-25-21(31)26(13-8-10-19(29)35-16-5-2)23(33)27(22(25)32)14-11-24-20(30)36-17-6-3/h4-17H2,1-3H3,(H,24,30). The topological polar surface area (TPSA) is 157 Å². The average Bonchev–Trinajstić information content (AvgIpc) is 2.86. The van der Waals surface area contributed by atoms with Crippen molar-refractivity contribution in [2.24, 2.45) is 0 Å². The molecule has 1 amide bonds. The Morgan fingerprint density at radius 2 is 1.03 bits per heavy atom. The molecule has 1 aromatic heterocycles. The first-order valence-corrected chi connectivity index (χ1v) is 12.4. The van der Waals surface area contributed by atoms with Gasteiger partial charge in [-0.15, -0.1) is 0 Å². The lowest BCUT2D eigenvalue weighted by molar-refractivity contribution is -0.144. The summed E-state index contributed by atoms with van der Waals surface area (Å²) in [5, 5.41) is 2.45. The molecular formula is C23H38N4O9. The van der Waals surface area contributed by atoms with Crippen LogP contribution in [0.5, 0.6) is 0 Å². The summed E-state index contributed by atoms with van der Waals surface area (Å²) in [6.07, 6.45) is 1.61. The van der Waals surface area contributed by atoms with Gasteiger partial charge in [0.15, 0.2) is 0 Å². The Labute approximate surface area is 209 Å². The quantitative estimate of drug-likeness (QED) is 0.234. The van der Waals surface area contributed by atoms with Crippen LogP contribution in [-0.4, -0.2) is 58.1 Å². The van der Waals surface area contributed by atoms with Gasteiger partial charge in [0.2, 0.25) is 0 Å². The lowest BCUT2D eigenvalue weighted by atomic mass is 10.3. The fourth-order valence-electron chi connectivity index (χ4n) is 3.11.